The molecule has 108 valence electrons. The van der Waals surface area contributed by atoms with Crippen molar-refractivity contribution < 1.29 is 9.90 Å². The molecule has 0 saturated carbocycles. The second-order valence-electron chi connectivity index (χ2n) is 5.90. The van der Waals surface area contributed by atoms with Gasteiger partial charge in [0.2, 0.25) is 0 Å². The lowest BCUT2D eigenvalue weighted by Crippen LogP contribution is -2.44. The van der Waals surface area contributed by atoms with E-state index >= 15 is 0 Å². The molecule has 0 aliphatic rings. The van der Waals surface area contributed by atoms with Crippen molar-refractivity contribution in [2.75, 3.05) is 6.61 Å². The van der Waals surface area contributed by atoms with Crippen LogP contribution in [0.25, 0.3) is 0 Å². The Bertz CT molecular complexity index is 432. The molecule has 1 atom stereocenters. The van der Waals surface area contributed by atoms with Gasteiger partial charge in [0.1, 0.15) is 5.69 Å². The molecule has 1 amide bonds. The van der Waals surface area contributed by atoms with Gasteiger partial charge >= 0.3 is 0 Å². The van der Waals surface area contributed by atoms with E-state index in [0.29, 0.717) is 12.1 Å². The maximum absolute atomic E-state index is 12.3. The molecule has 1 heterocycles. The smallest absolute Gasteiger partial charge is 0.269 e. The maximum Gasteiger partial charge on any atom is 0.269 e. The van der Waals surface area contributed by atoms with Crippen LogP contribution in [0.4, 0.5) is 0 Å². The van der Waals surface area contributed by atoms with Crippen LogP contribution in [-0.2, 0) is 13.5 Å². The van der Waals surface area contributed by atoms with Crippen molar-refractivity contribution in [3.63, 3.8) is 0 Å². The van der Waals surface area contributed by atoms with Gasteiger partial charge in [0.15, 0.2) is 0 Å². The van der Waals surface area contributed by atoms with Gasteiger partial charge in [-0.15, -0.1) is 0 Å². The second kappa shape index (κ2) is 6.19. The largest absolute Gasteiger partial charge is 0.396 e. The fourth-order valence-electron chi connectivity index (χ4n) is 1.99. The van der Waals surface area contributed by atoms with Gasteiger partial charge in [-0.2, -0.15) is 5.10 Å². The van der Waals surface area contributed by atoms with E-state index in [0.717, 1.165) is 12.1 Å². The van der Waals surface area contributed by atoms with Crippen molar-refractivity contribution >= 4 is 5.91 Å². The Hall–Kier alpha value is -1.36. The molecule has 1 rings (SSSR count). The molecular formula is C14H25N3O2. The van der Waals surface area contributed by atoms with Gasteiger partial charge in [-0.3, -0.25) is 9.48 Å². The van der Waals surface area contributed by atoms with E-state index < -0.39 is 0 Å². The predicted molar refractivity (Wildman–Crippen MR) is 75.0 cm³/mol. The highest BCUT2D eigenvalue weighted by Gasteiger charge is 2.27. The third-order valence-corrected chi connectivity index (χ3v) is 3.29. The number of nitrogens with one attached hydrogen (secondary N) is 1. The average Bonchev–Trinajstić information content (AvgIpc) is 2.68. The van der Waals surface area contributed by atoms with Crippen molar-refractivity contribution in [2.45, 2.75) is 46.6 Å². The summed E-state index contributed by atoms with van der Waals surface area (Å²) in [6.07, 6.45) is 1.36. The minimum atomic E-state index is -0.136. The zero-order valence-electron chi connectivity index (χ0n) is 12.5. The highest BCUT2D eigenvalue weighted by atomic mass is 16.3. The van der Waals surface area contributed by atoms with Gasteiger partial charge in [0.25, 0.3) is 5.91 Å². The minimum absolute atomic E-state index is 0.0633. The number of hydrogen-bond acceptors (Lipinski definition) is 3. The number of rotatable bonds is 5. The number of aliphatic hydroxyl groups is 1. The Morgan fingerprint density at radius 2 is 2.16 bits per heavy atom. The SMILES string of the molecule is CCc1cc(C(=O)NC(CCO)C(C)(C)C)n(C)n1. The molecule has 0 aromatic carbocycles. The summed E-state index contributed by atoms with van der Waals surface area (Å²) in [7, 11) is 1.77. The standard InChI is InChI=1S/C14H25N3O2/c1-6-10-9-11(17(5)16-10)13(19)15-12(7-8-18)14(2,3)4/h9,12,18H,6-8H2,1-5H3,(H,15,19). The van der Waals surface area contributed by atoms with E-state index in [9.17, 15) is 4.79 Å². The fraction of sp³-hybridized carbons (Fsp3) is 0.714. The molecule has 0 spiro atoms. The Balaban J connectivity index is 2.84. The normalized spacial score (nSPS) is 13.4. The van der Waals surface area contributed by atoms with Crippen LogP contribution < -0.4 is 5.32 Å². The first kappa shape index (κ1) is 15.7. The lowest BCUT2D eigenvalue weighted by Gasteiger charge is -2.31. The molecule has 5 nitrogen and oxygen atoms in total. The third kappa shape index (κ3) is 4.06. The van der Waals surface area contributed by atoms with Gasteiger partial charge in [0.05, 0.1) is 5.69 Å². The van der Waals surface area contributed by atoms with Crippen LogP contribution in [-0.4, -0.2) is 33.4 Å². The molecule has 5 heteroatoms. The van der Waals surface area contributed by atoms with Crippen LogP contribution >= 0.6 is 0 Å². The molecule has 1 unspecified atom stereocenters. The average molecular weight is 267 g/mol. The van der Waals surface area contributed by atoms with Crippen LogP contribution in [0.2, 0.25) is 0 Å². The van der Waals surface area contributed by atoms with Crippen LogP contribution in [0, 0.1) is 5.41 Å². The lowest BCUT2D eigenvalue weighted by molar-refractivity contribution is 0.0875. The Morgan fingerprint density at radius 3 is 2.58 bits per heavy atom. The lowest BCUT2D eigenvalue weighted by atomic mass is 9.85. The van der Waals surface area contributed by atoms with E-state index in [-0.39, 0.29) is 24.0 Å². The maximum atomic E-state index is 12.3. The summed E-state index contributed by atoms with van der Waals surface area (Å²) in [6.45, 7) is 8.22. The fourth-order valence-corrected chi connectivity index (χ4v) is 1.99. The predicted octanol–water partition coefficient (Wildman–Crippen LogP) is 1.51. The molecule has 19 heavy (non-hydrogen) atoms. The monoisotopic (exact) mass is 267 g/mol. The van der Waals surface area contributed by atoms with Gasteiger partial charge < -0.3 is 10.4 Å². The minimum Gasteiger partial charge on any atom is -0.396 e. The number of aliphatic hydroxyl groups excluding tert-OH is 1. The summed E-state index contributed by atoms with van der Waals surface area (Å²) >= 11 is 0. The number of aromatic nitrogens is 2. The van der Waals surface area contributed by atoms with Crippen molar-refractivity contribution in [1.82, 2.24) is 15.1 Å². The van der Waals surface area contributed by atoms with Crippen molar-refractivity contribution in [1.29, 1.82) is 0 Å². The number of amides is 1. The van der Waals surface area contributed by atoms with Crippen LogP contribution in [0.1, 0.15) is 50.3 Å². The summed E-state index contributed by atoms with van der Waals surface area (Å²) in [4.78, 5) is 12.3. The highest BCUT2D eigenvalue weighted by Crippen LogP contribution is 2.22. The first-order valence-corrected chi connectivity index (χ1v) is 6.74. The number of carbonyl (C=O) groups is 1. The first-order chi connectivity index (χ1) is 8.79. The van der Waals surface area contributed by atoms with Gasteiger partial charge in [-0.25, -0.2) is 0 Å². The summed E-state index contributed by atoms with van der Waals surface area (Å²) < 4.78 is 1.60. The van der Waals surface area contributed by atoms with E-state index in [2.05, 4.69) is 10.4 Å². The summed E-state index contributed by atoms with van der Waals surface area (Å²) in [5.74, 6) is -0.136. The van der Waals surface area contributed by atoms with Gasteiger partial charge in [0, 0.05) is 19.7 Å². The second-order valence-corrected chi connectivity index (χ2v) is 5.90. The van der Waals surface area contributed by atoms with E-state index in [1.54, 1.807) is 11.7 Å². The zero-order valence-corrected chi connectivity index (χ0v) is 12.5. The van der Waals surface area contributed by atoms with Crippen LogP contribution in [0.5, 0.6) is 0 Å². The third-order valence-electron chi connectivity index (χ3n) is 3.29. The molecule has 0 radical (unpaired) electrons. The molecule has 0 fully saturated rings. The van der Waals surface area contributed by atoms with Crippen LogP contribution in [0.3, 0.4) is 0 Å². The van der Waals surface area contributed by atoms with E-state index in [1.807, 2.05) is 33.8 Å². The van der Waals surface area contributed by atoms with Crippen LogP contribution in [0.15, 0.2) is 6.07 Å². The Labute approximate surface area is 115 Å². The molecule has 0 saturated heterocycles. The summed E-state index contributed by atoms with van der Waals surface area (Å²) in [6, 6.07) is 1.75. The number of hydrogen-bond donors (Lipinski definition) is 2. The molecule has 1 aromatic heterocycles. The van der Waals surface area contributed by atoms with Crippen molar-refractivity contribution in [3.8, 4) is 0 Å². The molecular weight excluding hydrogens is 242 g/mol. The molecule has 0 aliphatic heterocycles. The summed E-state index contributed by atoms with van der Waals surface area (Å²) in [5, 5.41) is 16.4. The molecule has 1 aromatic rings. The van der Waals surface area contributed by atoms with E-state index in [4.69, 9.17) is 5.11 Å². The van der Waals surface area contributed by atoms with Gasteiger partial charge in [-0.05, 0) is 24.3 Å². The summed E-state index contributed by atoms with van der Waals surface area (Å²) in [5.41, 5.74) is 1.37. The Kier molecular flexibility index (Phi) is 5.11. The molecule has 2 N–H and O–H groups in total. The number of aryl methyl sites for hydroxylation is 2. The van der Waals surface area contributed by atoms with Gasteiger partial charge in [-0.1, -0.05) is 27.7 Å². The first-order valence-electron chi connectivity index (χ1n) is 6.74. The van der Waals surface area contributed by atoms with E-state index in [1.165, 1.54) is 0 Å². The Morgan fingerprint density at radius 1 is 1.53 bits per heavy atom. The molecule has 0 aliphatic carbocycles. The number of nitrogens with zero attached hydrogens (tertiary/aromatic N) is 2. The quantitative estimate of drug-likeness (QED) is 0.849. The number of carbonyl (C=O) groups excluding carboxylic acids is 1. The zero-order chi connectivity index (χ0) is 14.6. The molecule has 0 bridgehead atoms. The van der Waals surface area contributed by atoms with Crippen molar-refractivity contribution in [2.24, 2.45) is 12.5 Å². The highest BCUT2D eigenvalue weighted by molar-refractivity contribution is 5.92. The van der Waals surface area contributed by atoms with Crippen molar-refractivity contribution in [3.05, 3.63) is 17.5 Å². The topological polar surface area (TPSA) is 67.2 Å².